The Hall–Kier alpha value is -3.46. The van der Waals surface area contributed by atoms with Gasteiger partial charge in [-0.05, 0) is 24.3 Å². The minimum absolute atomic E-state index is 0.690. The van der Waals surface area contributed by atoms with Crippen LogP contribution in [0.5, 0.6) is 0 Å². The lowest BCUT2D eigenvalue weighted by Gasteiger charge is -2.36. The normalized spacial score (nSPS) is 16.7. The summed E-state index contributed by atoms with van der Waals surface area (Å²) in [5.41, 5.74) is 2.11. The molecule has 2 aromatic heterocycles. The van der Waals surface area contributed by atoms with Gasteiger partial charge in [-0.15, -0.1) is 0 Å². The molecule has 0 radical (unpaired) electrons. The van der Waals surface area contributed by atoms with Crippen LogP contribution in [-0.4, -0.2) is 86.5 Å². The minimum Gasteiger partial charge on any atom is -0.378 e. The van der Waals surface area contributed by atoms with E-state index in [1.165, 1.54) is 0 Å². The molecule has 9 nitrogen and oxygen atoms in total. The fourth-order valence-electron chi connectivity index (χ4n) is 4.13. The van der Waals surface area contributed by atoms with Gasteiger partial charge in [0, 0.05) is 70.8 Å². The molecule has 172 valence electrons. The molecule has 1 aromatic carbocycles. The van der Waals surface area contributed by atoms with Gasteiger partial charge in [0.1, 0.15) is 5.82 Å². The highest BCUT2D eigenvalue weighted by molar-refractivity contribution is 5.65. The Bertz CT molecular complexity index is 1060. The molecule has 9 heteroatoms. The van der Waals surface area contributed by atoms with E-state index in [0.29, 0.717) is 19.0 Å². The van der Waals surface area contributed by atoms with Gasteiger partial charge >= 0.3 is 0 Å². The van der Waals surface area contributed by atoms with E-state index >= 15 is 0 Å². The lowest BCUT2D eigenvalue weighted by Crippen LogP contribution is -2.47. The fourth-order valence-corrected chi connectivity index (χ4v) is 4.13. The van der Waals surface area contributed by atoms with Gasteiger partial charge < -0.3 is 24.3 Å². The van der Waals surface area contributed by atoms with Gasteiger partial charge in [-0.1, -0.05) is 18.2 Å². The van der Waals surface area contributed by atoms with Crippen molar-refractivity contribution in [3.63, 3.8) is 0 Å². The molecule has 3 aromatic rings. The maximum Gasteiger partial charge on any atom is 0.230 e. The number of piperazine rings is 1. The monoisotopic (exact) mass is 446 g/mol. The first kappa shape index (κ1) is 21.4. The zero-order valence-corrected chi connectivity index (χ0v) is 19.3. The Morgan fingerprint density at radius 1 is 0.758 bits per heavy atom. The van der Waals surface area contributed by atoms with E-state index in [2.05, 4.69) is 48.8 Å². The van der Waals surface area contributed by atoms with Crippen LogP contribution in [0.3, 0.4) is 0 Å². The zero-order valence-electron chi connectivity index (χ0n) is 19.3. The number of hydrogen-bond donors (Lipinski definition) is 0. The van der Waals surface area contributed by atoms with E-state index in [9.17, 15) is 0 Å². The summed E-state index contributed by atoms with van der Waals surface area (Å²) in [5.74, 6) is 3.18. The number of pyridine rings is 1. The summed E-state index contributed by atoms with van der Waals surface area (Å²) in [6.07, 6.45) is 1.84. The number of hydrogen-bond acceptors (Lipinski definition) is 9. The first-order valence-corrected chi connectivity index (χ1v) is 11.4. The smallest absolute Gasteiger partial charge is 0.230 e. The minimum atomic E-state index is 0.690. The van der Waals surface area contributed by atoms with Crippen LogP contribution in [0.15, 0.2) is 48.7 Å². The molecule has 5 rings (SSSR count). The number of ether oxygens (including phenoxy) is 1. The van der Waals surface area contributed by atoms with E-state index in [1.807, 2.05) is 38.5 Å². The second kappa shape index (κ2) is 9.58. The van der Waals surface area contributed by atoms with Crippen LogP contribution >= 0.6 is 0 Å². The van der Waals surface area contributed by atoms with Crippen molar-refractivity contribution >= 4 is 23.4 Å². The highest BCUT2D eigenvalue weighted by Crippen LogP contribution is 2.26. The topological polar surface area (TPSA) is 73.8 Å². The average molecular weight is 447 g/mol. The summed E-state index contributed by atoms with van der Waals surface area (Å²) in [4.78, 5) is 28.0. The first-order chi connectivity index (χ1) is 16.2. The predicted octanol–water partition coefficient (Wildman–Crippen LogP) is 2.16. The molecule has 2 fully saturated rings. The molecule has 0 unspecified atom stereocenters. The second-order valence-corrected chi connectivity index (χ2v) is 8.47. The summed E-state index contributed by atoms with van der Waals surface area (Å²) >= 11 is 0. The molecule has 4 heterocycles. The second-order valence-electron chi connectivity index (χ2n) is 8.47. The van der Waals surface area contributed by atoms with Crippen molar-refractivity contribution in [2.24, 2.45) is 0 Å². The fraction of sp³-hybridized carbons (Fsp3) is 0.417. The highest BCUT2D eigenvalue weighted by atomic mass is 16.5. The molecule has 0 N–H and O–H groups in total. The van der Waals surface area contributed by atoms with E-state index < -0.39 is 0 Å². The van der Waals surface area contributed by atoms with E-state index in [4.69, 9.17) is 19.7 Å². The number of anilines is 4. The van der Waals surface area contributed by atoms with E-state index in [1.54, 1.807) is 0 Å². The van der Waals surface area contributed by atoms with Crippen LogP contribution in [0.4, 0.5) is 23.4 Å². The third-order valence-corrected chi connectivity index (χ3v) is 6.06. The average Bonchev–Trinajstić information content (AvgIpc) is 2.89. The van der Waals surface area contributed by atoms with Crippen molar-refractivity contribution in [3.05, 3.63) is 48.7 Å². The molecular formula is C24H30N8O. The van der Waals surface area contributed by atoms with Crippen LogP contribution < -0.4 is 19.6 Å². The van der Waals surface area contributed by atoms with Crippen molar-refractivity contribution in [2.75, 3.05) is 86.2 Å². The number of nitrogens with zero attached hydrogens (tertiary/aromatic N) is 8. The Labute approximate surface area is 194 Å². The van der Waals surface area contributed by atoms with Crippen molar-refractivity contribution in [2.45, 2.75) is 0 Å². The SMILES string of the molecule is CN(C)c1cccc(-c2nc(N3CCOCC3)nc(N3CCN(c4ccccn4)CC3)n2)c1. The number of morpholine rings is 1. The molecule has 2 saturated heterocycles. The molecule has 2 aliphatic heterocycles. The van der Waals surface area contributed by atoms with E-state index in [0.717, 1.165) is 68.2 Å². The summed E-state index contributed by atoms with van der Waals surface area (Å²) in [5, 5.41) is 0. The van der Waals surface area contributed by atoms with E-state index in [-0.39, 0.29) is 0 Å². The predicted molar refractivity (Wildman–Crippen MR) is 131 cm³/mol. The van der Waals surface area contributed by atoms with Crippen molar-refractivity contribution < 1.29 is 4.74 Å². The largest absolute Gasteiger partial charge is 0.378 e. The summed E-state index contributed by atoms with van der Waals surface area (Å²) in [6.45, 7) is 6.37. The van der Waals surface area contributed by atoms with Crippen molar-refractivity contribution in [1.29, 1.82) is 0 Å². The number of benzene rings is 1. The van der Waals surface area contributed by atoms with Gasteiger partial charge in [-0.3, -0.25) is 0 Å². The summed E-state index contributed by atoms with van der Waals surface area (Å²) < 4.78 is 5.54. The van der Waals surface area contributed by atoms with Crippen LogP contribution in [0.1, 0.15) is 0 Å². The van der Waals surface area contributed by atoms with Crippen molar-refractivity contribution in [1.82, 2.24) is 19.9 Å². The van der Waals surface area contributed by atoms with Crippen LogP contribution in [0, 0.1) is 0 Å². The number of aromatic nitrogens is 4. The third-order valence-electron chi connectivity index (χ3n) is 6.06. The zero-order chi connectivity index (χ0) is 22.6. The molecule has 33 heavy (non-hydrogen) atoms. The lowest BCUT2D eigenvalue weighted by atomic mass is 10.2. The molecule has 2 aliphatic rings. The number of rotatable bonds is 5. The van der Waals surface area contributed by atoms with Crippen LogP contribution in [-0.2, 0) is 4.74 Å². The Kier molecular flexibility index (Phi) is 6.21. The standard InChI is InChI=1S/C24H30N8O/c1-29(2)20-7-5-6-19(18-20)22-26-23(28-24(27-22)32-14-16-33-17-15-32)31-12-10-30(11-13-31)21-8-3-4-9-25-21/h3-9,18H,10-17H2,1-2H3. The highest BCUT2D eigenvalue weighted by Gasteiger charge is 2.23. The van der Waals surface area contributed by atoms with Gasteiger partial charge in [-0.2, -0.15) is 15.0 Å². The maximum atomic E-state index is 5.54. The van der Waals surface area contributed by atoms with Gasteiger partial charge in [0.2, 0.25) is 11.9 Å². The Morgan fingerprint density at radius 2 is 1.45 bits per heavy atom. The van der Waals surface area contributed by atoms with Gasteiger partial charge in [0.25, 0.3) is 0 Å². The molecule has 0 aliphatic carbocycles. The Balaban J connectivity index is 1.44. The van der Waals surface area contributed by atoms with Crippen LogP contribution in [0.25, 0.3) is 11.4 Å². The molecule has 0 saturated carbocycles. The lowest BCUT2D eigenvalue weighted by molar-refractivity contribution is 0.122. The van der Waals surface area contributed by atoms with Gasteiger partial charge in [0.05, 0.1) is 13.2 Å². The van der Waals surface area contributed by atoms with Gasteiger partial charge in [-0.25, -0.2) is 4.98 Å². The molecule has 0 spiro atoms. The maximum absolute atomic E-state index is 5.54. The summed E-state index contributed by atoms with van der Waals surface area (Å²) in [6, 6.07) is 14.4. The Morgan fingerprint density at radius 3 is 2.12 bits per heavy atom. The summed E-state index contributed by atoms with van der Waals surface area (Å²) in [7, 11) is 4.08. The molecule has 0 atom stereocenters. The quantitative estimate of drug-likeness (QED) is 0.586. The first-order valence-electron chi connectivity index (χ1n) is 11.4. The van der Waals surface area contributed by atoms with Gasteiger partial charge in [0.15, 0.2) is 5.82 Å². The molecule has 0 bridgehead atoms. The molecular weight excluding hydrogens is 416 g/mol. The molecule has 0 amide bonds. The van der Waals surface area contributed by atoms with Crippen LogP contribution in [0.2, 0.25) is 0 Å². The van der Waals surface area contributed by atoms with Crippen molar-refractivity contribution in [3.8, 4) is 11.4 Å². The third kappa shape index (κ3) is 4.83.